The van der Waals surface area contributed by atoms with Crippen LogP contribution in [0.25, 0.3) is 11.2 Å². The van der Waals surface area contributed by atoms with Crippen LogP contribution in [0.5, 0.6) is 17.2 Å². The maximum absolute atomic E-state index is 9.40. The minimum atomic E-state index is 0.254. The number of nitrogens with zero attached hydrogens (tertiary/aromatic N) is 3. The van der Waals surface area contributed by atoms with E-state index in [0.717, 1.165) is 34.6 Å². The number of fused-ring (bicyclic) bond motifs is 2. The molecule has 0 spiro atoms. The van der Waals surface area contributed by atoms with Gasteiger partial charge in [0.05, 0.1) is 6.33 Å². The van der Waals surface area contributed by atoms with Crippen molar-refractivity contribution in [2.75, 3.05) is 24.0 Å². The SMILES string of the molecule is Oc1ccc(CCNc2nc(NCc3ccc4c(c3)OCO4)nc3nc[nH]c23)cc1. The monoisotopic (exact) mass is 404 g/mol. The van der Waals surface area contributed by atoms with E-state index in [2.05, 4.69) is 30.6 Å². The van der Waals surface area contributed by atoms with Gasteiger partial charge in [-0.25, -0.2) is 4.98 Å². The van der Waals surface area contributed by atoms with Crippen molar-refractivity contribution in [1.82, 2.24) is 19.9 Å². The van der Waals surface area contributed by atoms with Gasteiger partial charge < -0.3 is 30.2 Å². The molecule has 4 N–H and O–H groups in total. The zero-order chi connectivity index (χ0) is 20.3. The van der Waals surface area contributed by atoms with Gasteiger partial charge in [0, 0.05) is 13.1 Å². The van der Waals surface area contributed by atoms with Crippen molar-refractivity contribution < 1.29 is 14.6 Å². The minimum Gasteiger partial charge on any atom is -0.508 e. The molecule has 9 heteroatoms. The van der Waals surface area contributed by atoms with Gasteiger partial charge in [0.2, 0.25) is 12.7 Å². The molecule has 0 fully saturated rings. The standard InChI is InChI=1S/C21H20N6O3/c28-15-4-1-13(2-5-15)7-8-22-19-18-20(25-11-24-18)27-21(26-19)23-10-14-3-6-16-17(9-14)30-12-29-16/h1-6,9,11,28H,7-8,10,12H2,(H3,22,23,24,25,26,27). The summed E-state index contributed by atoms with van der Waals surface area (Å²) in [5.74, 6) is 2.94. The lowest BCUT2D eigenvalue weighted by molar-refractivity contribution is 0.174. The molecule has 0 radical (unpaired) electrons. The van der Waals surface area contributed by atoms with Crippen LogP contribution in [0.3, 0.4) is 0 Å². The highest BCUT2D eigenvalue weighted by molar-refractivity contribution is 5.83. The van der Waals surface area contributed by atoms with Crippen molar-refractivity contribution in [1.29, 1.82) is 0 Å². The molecule has 3 heterocycles. The Balaban J connectivity index is 1.28. The second-order valence-electron chi connectivity index (χ2n) is 6.88. The van der Waals surface area contributed by atoms with Crippen molar-refractivity contribution in [3.8, 4) is 17.2 Å². The average Bonchev–Trinajstić information content (AvgIpc) is 3.42. The van der Waals surface area contributed by atoms with Crippen molar-refractivity contribution in [3.05, 3.63) is 59.9 Å². The summed E-state index contributed by atoms with van der Waals surface area (Å²) in [6, 6.07) is 13.0. The summed E-state index contributed by atoms with van der Waals surface area (Å²) in [7, 11) is 0. The van der Waals surface area contributed by atoms with Gasteiger partial charge in [0.15, 0.2) is 23.0 Å². The third-order valence-corrected chi connectivity index (χ3v) is 4.82. The van der Waals surface area contributed by atoms with E-state index in [1.54, 1.807) is 18.5 Å². The number of ether oxygens (including phenoxy) is 2. The summed E-state index contributed by atoms with van der Waals surface area (Å²) in [6.45, 7) is 1.47. The van der Waals surface area contributed by atoms with Gasteiger partial charge in [-0.2, -0.15) is 9.97 Å². The van der Waals surface area contributed by atoms with Crippen LogP contribution in [-0.4, -0.2) is 38.4 Å². The quantitative estimate of drug-likeness (QED) is 0.371. The Labute approximate surface area is 172 Å². The van der Waals surface area contributed by atoms with Gasteiger partial charge >= 0.3 is 0 Å². The number of phenolic OH excluding ortho intramolecular Hbond substituents is 1. The molecule has 0 saturated heterocycles. The molecule has 0 atom stereocenters. The predicted octanol–water partition coefficient (Wildman–Crippen LogP) is 3.05. The lowest BCUT2D eigenvalue weighted by Crippen LogP contribution is -2.10. The van der Waals surface area contributed by atoms with E-state index in [1.165, 1.54) is 0 Å². The van der Waals surface area contributed by atoms with Crippen LogP contribution < -0.4 is 20.1 Å². The first-order chi connectivity index (χ1) is 14.7. The molecule has 2 aromatic carbocycles. The van der Waals surface area contributed by atoms with Crippen LogP contribution in [0, 0.1) is 0 Å². The lowest BCUT2D eigenvalue weighted by atomic mass is 10.1. The predicted molar refractivity (Wildman–Crippen MR) is 112 cm³/mol. The van der Waals surface area contributed by atoms with E-state index >= 15 is 0 Å². The zero-order valence-corrected chi connectivity index (χ0v) is 16.1. The number of H-pyrrole nitrogens is 1. The molecule has 0 amide bonds. The van der Waals surface area contributed by atoms with Crippen LogP contribution >= 0.6 is 0 Å². The Morgan fingerprint density at radius 1 is 0.967 bits per heavy atom. The molecule has 0 unspecified atom stereocenters. The van der Waals surface area contributed by atoms with Gasteiger partial charge in [0.25, 0.3) is 0 Å². The number of rotatable bonds is 7. The third kappa shape index (κ3) is 3.77. The Hall–Kier alpha value is -4.01. The summed E-state index contributed by atoms with van der Waals surface area (Å²) in [6.07, 6.45) is 2.39. The number of hydrogen-bond acceptors (Lipinski definition) is 8. The number of anilines is 2. The fourth-order valence-electron chi connectivity index (χ4n) is 3.26. The second kappa shape index (κ2) is 7.78. The molecule has 5 rings (SSSR count). The van der Waals surface area contributed by atoms with Crippen molar-refractivity contribution in [3.63, 3.8) is 0 Å². The van der Waals surface area contributed by atoms with Gasteiger partial charge in [-0.15, -0.1) is 0 Å². The molecular formula is C21H20N6O3. The molecule has 9 nitrogen and oxygen atoms in total. The topological polar surface area (TPSA) is 117 Å². The van der Waals surface area contributed by atoms with E-state index in [4.69, 9.17) is 9.47 Å². The lowest BCUT2D eigenvalue weighted by Gasteiger charge is -2.10. The molecule has 0 aliphatic carbocycles. The summed E-state index contributed by atoms with van der Waals surface area (Å²) < 4.78 is 10.8. The summed E-state index contributed by atoms with van der Waals surface area (Å²) >= 11 is 0. The highest BCUT2D eigenvalue weighted by Gasteiger charge is 2.14. The van der Waals surface area contributed by atoms with E-state index in [-0.39, 0.29) is 12.5 Å². The van der Waals surface area contributed by atoms with Gasteiger partial charge in [-0.3, -0.25) is 0 Å². The molecule has 0 saturated carbocycles. The summed E-state index contributed by atoms with van der Waals surface area (Å²) in [5.41, 5.74) is 3.50. The normalized spacial score (nSPS) is 12.3. The highest BCUT2D eigenvalue weighted by atomic mass is 16.7. The summed E-state index contributed by atoms with van der Waals surface area (Å²) in [4.78, 5) is 16.4. The largest absolute Gasteiger partial charge is 0.508 e. The van der Waals surface area contributed by atoms with Crippen LogP contribution in [-0.2, 0) is 13.0 Å². The first-order valence-corrected chi connectivity index (χ1v) is 9.60. The van der Waals surface area contributed by atoms with Crippen LogP contribution in [0.2, 0.25) is 0 Å². The van der Waals surface area contributed by atoms with E-state index < -0.39 is 0 Å². The van der Waals surface area contributed by atoms with Gasteiger partial charge in [0.1, 0.15) is 11.3 Å². The van der Waals surface area contributed by atoms with E-state index in [0.29, 0.717) is 30.5 Å². The van der Waals surface area contributed by atoms with E-state index in [9.17, 15) is 5.11 Å². The third-order valence-electron chi connectivity index (χ3n) is 4.82. The molecular weight excluding hydrogens is 384 g/mol. The first-order valence-electron chi connectivity index (χ1n) is 9.60. The zero-order valence-electron chi connectivity index (χ0n) is 16.1. The number of imidazole rings is 1. The Morgan fingerprint density at radius 3 is 2.70 bits per heavy atom. The van der Waals surface area contributed by atoms with Gasteiger partial charge in [-0.05, 0) is 41.8 Å². The number of aromatic amines is 1. The van der Waals surface area contributed by atoms with Crippen LogP contribution in [0.1, 0.15) is 11.1 Å². The second-order valence-corrected chi connectivity index (χ2v) is 6.88. The van der Waals surface area contributed by atoms with E-state index in [1.807, 2.05) is 30.3 Å². The van der Waals surface area contributed by atoms with Crippen LogP contribution in [0.15, 0.2) is 48.8 Å². The molecule has 4 aromatic rings. The Bertz CT molecular complexity index is 1180. The molecule has 0 bridgehead atoms. The van der Waals surface area contributed by atoms with Crippen molar-refractivity contribution >= 4 is 22.9 Å². The van der Waals surface area contributed by atoms with Crippen molar-refractivity contribution in [2.24, 2.45) is 0 Å². The molecule has 1 aliphatic heterocycles. The number of nitrogens with one attached hydrogen (secondary N) is 3. The number of phenols is 1. The number of aromatic hydroxyl groups is 1. The number of hydrogen-bond donors (Lipinski definition) is 4. The Kier molecular flexibility index (Phi) is 4.68. The molecule has 1 aliphatic rings. The van der Waals surface area contributed by atoms with Gasteiger partial charge in [-0.1, -0.05) is 18.2 Å². The summed E-state index contributed by atoms with van der Waals surface area (Å²) in [5, 5.41) is 16.0. The molecule has 30 heavy (non-hydrogen) atoms. The van der Waals surface area contributed by atoms with Crippen molar-refractivity contribution in [2.45, 2.75) is 13.0 Å². The number of aromatic nitrogens is 4. The average molecular weight is 404 g/mol. The van der Waals surface area contributed by atoms with Crippen LogP contribution in [0.4, 0.5) is 11.8 Å². The first kappa shape index (κ1) is 18.0. The number of benzene rings is 2. The minimum absolute atomic E-state index is 0.254. The smallest absolute Gasteiger partial charge is 0.231 e. The maximum Gasteiger partial charge on any atom is 0.231 e. The Morgan fingerprint density at radius 2 is 1.80 bits per heavy atom. The molecule has 2 aromatic heterocycles. The molecule has 152 valence electrons. The maximum atomic E-state index is 9.40. The fraction of sp³-hybridized carbons (Fsp3) is 0.190. The fourth-order valence-corrected chi connectivity index (χ4v) is 3.26. The highest BCUT2D eigenvalue weighted by Crippen LogP contribution is 2.32.